The number of halogens is 2. The molecule has 7 heteroatoms. The van der Waals surface area contributed by atoms with Gasteiger partial charge in [-0.1, -0.05) is 41.6 Å². The highest BCUT2D eigenvalue weighted by molar-refractivity contribution is 8.16. The van der Waals surface area contributed by atoms with Gasteiger partial charge in [-0.25, -0.2) is 13.8 Å². The lowest BCUT2D eigenvalue weighted by Gasteiger charge is -2.09. The number of aryl methyl sites for hydroxylation is 1. The molecule has 2 aromatic rings. The number of hydrogen-bond acceptors (Lipinski definition) is 3. The third-order valence-corrected chi connectivity index (χ3v) is 4.82. The molecule has 0 bridgehead atoms. The molecule has 1 heterocycles. The maximum atomic E-state index is 13.6. The Hall–Kier alpha value is -2.54. The number of anilines is 1. The predicted molar refractivity (Wildman–Crippen MR) is 93.7 cm³/mol. The molecular weight excluding hydrogens is 346 g/mol. The van der Waals surface area contributed by atoms with Crippen LogP contribution in [-0.4, -0.2) is 22.1 Å². The van der Waals surface area contributed by atoms with Gasteiger partial charge in [0.2, 0.25) is 5.91 Å². The highest BCUT2D eigenvalue weighted by Crippen LogP contribution is 2.29. The Morgan fingerprint density at radius 2 is 1.92 bits per heavy atom. The molecule has 0 aliphatic carbocycles. The summed E-state index contributed by atoms with van der Waals surface area (Å²) in [6.07, 6.45) is -0.140. The van der Waals surface area contributed by atoms with E-state index in [2.05, 4.69) is 10.3 Å². The summed E-state index contributed by atoms with van der Waals surface area (Å²) in [6.45, 7) is 1.96. The SMILES string of the molecule is Cc1ccc(C2=NC(=O)C(CC(=O)Nc3ccc(F)cc3F)S2)cc1. The van der Waals surface area contributed by atoms with Gasteiger partial charge in [-0.2, -0.15) is 0 Å². The Morgan fingerprint density at radius 1 is 1.20 bits per heavy atom. The van der Waals surface area contributed by atoms with Crippen molar-refractivity contribution < 1.29 is 18.4 Å². The van der Waals surface area contributed by atoms with Crippen LogP contribution in [0, 0.1) is 18.6 Å². The lowest BCUT2D eigenvalue weighted by molar-refractivity contribution is -0.121. The molecule has 0 radical (unpaired) electrons. The van der Waals surface area contributed by atoms with E-state index in [0.29, 0.717) is 11.1 Å². The maximum Gasteiger partial charge on any atom is 0.260 e. The molecule has 3 rings (SSSR count). The smallest absolute Gasteiger partial charge is 0.260 e. The standard InChI is InChI=1S/C18H14F2N2O2S/c1-10-2-4-11(5-3-10)18-22-17(24)15(25-18)9-16(23)21-14-7-6-12(19)8-13(14)20/h2-8,15H,9H2,1H3,(H,21,23). The van der Waals surface area contributed by atoms with Gasteiger partial charge in [0.05, 0.1) is 5.69 Å². The van der Waals surface area contributed by atoms with E-state index in [1.807, 2.05) is 31.2 Å². The molecule has 4 nitrogen and oxygen atoms in total. The van der Waals surface area contributed by atoms with Crippen LogP contribution in [0.2, 0.25) is 0 Å². The first-order valence-corrected chi connectivity index (χ1v) is 8.41. The van der Waals surface area contributed by atoms with Gasteiger partial charge in [-0.05, 0) is 19.1 Å². The van der Waals surface area contributed by atoms with Crippen molar-refractivity contribution in [3.8, 4) is 0 Å². The van der Waals surface area contributed by atoms with Gasteiger partial charge in [-0.15, -0.1) is 0 Å². The molecule has 25 heavy (non-hydrogen) atoms. The molecule has 1 atom stereocenters. The topological polar surface area (TPSA) is 58.5 Å². The van der Waals surface area contributed by atoms with Gasteiger partial charge < -0.3 is 5.32 Å². The minimum absolute atomic E-state index is 0.124. The number of thioether (sulfide) groups is 1. The van der Waals surface area contributed by atoms with E-state index in [1.165, 1.54) is 11.8 Å². The van der Waals surface area contributed by atoms with Crippen molar-refractivity contribution in [2.75, 3.05) is 5.32 Å². The summed E-state index contributed by atoms with van der Waals surface area (Å²) in [5.74, 6) is -2.52. The Morgan fingerprint density at radius 3 is 2.60 bits per heavy atom. The van der Waals surface area contributed by atoms with Crippen LogP contribution >= 0.6 is 11.8 Å². The van der Waals surface area contributed by atoms with Crippen LogP contribution < -0.4 is 5.32 Å². The molecule has 0 spiro atoms. The third-order valence-electron chi connectivity index (χ3n) is 3.62. The molecule has 128 valence electrons. The molecule has 0 fully saturated rings. The first-order valence-electron chi connectivity index (χ1n) is 7.53. The molecule has 0 saturated heterocycles. The van der Waals surface area contributed by atoms with Gasteiger partial charge in [-0.3, -0.25) is 9.59 Å². The van der Waals surface area contributed by atoms with Gasteiger partial charge >= 0.3 is 0 Å². The molecule has 0 aromatic heterocycles. The molecule has 2 amide bonds. The molecular formula is C18H14F2N2O2S. The number of amides is 2. The van der Waals surface area contributed by atoms with Gasteiger partial charge in [0.1, 0.15) is 21.9 Å². The highest BCUT2D eigenvalue weighted by atomic mass is 32.2. The average Bonchev–Trinajstić information content (AvgIpc) is 2.91. The number of nitrogens with one attached hydrogen (secondary N) is 1. The van der Waals surface area contributed by atoms with E-state index in [-0.39, 0.29) is 12.1 Å². The Kier molecular flexibility index (Phi) is 4.94. The largest absolute Gasteiger partial charge is 0.324 e. The van der Waals surface area contributed by atoms with Crippen molar-refractivity contribution in [1.82, 2.24) is 0 Å². The number of nitrogens with zero attached hydrogens (tertiary/aromatic N) is 1. The van der Waals surface area contributed by atoms with Crippen molar-refractivity contribution in [1.29, 1.82) is 0 Å². The van der Waals surface area contributed by atoms with Crippen LogP contribution in [0.3, 0.4) is 0 Å². The fraction of sp³-hybridized carbons (Fsp3) is 0.167. The van der Waals surface area contributed by atoms with E-state index >= 15 is 0 Å². The van der Waals surface area contributed by atoms with E-state index in [4.69, 9.17) is 0 Å². The van der Waals surface area contributed by atoms with Crippen LogP contribution in [0.15, 0.2) is 47.5 Å². The lowest BCUT2D eigenvalue weighted by atomic mass is 10.2. The van der Waals surface area contributed by atoms with Crippen molar-refractivity contribution in [2.45, 2.75) is 18.6 Å². The first-order chi connectivity index (χ1) is 11.9. The molecule has 0 saturated carbocycles. The van der Waals surface area contributed by atoms with Gasteiger partial charge in [0.15, 0.2) is 0 Å². The number of carbonyl (C=O) groups is 2. The minimum atomic E-state index is -0.865. The van der Waals surface area contributed by atoms with Gasteiger partial charge in [0.25, 0.3) is 5.91 Å². The quantitative estimate of drug-likeness (QED) is 0.905. The van der Waals surface area contributed by atoms with Crippen LogP contribution in [0.1, 0.15) is 17.5 Å². The molecule has 1 N–H and O–H groups in total. The summed E-state index contributed by atoms with van der Waals surface area (Å²) >= 11 is 1.21. The number of hydrogen-bond donors (Lipinski definition) is 1. The second kappa shape index (κ2) is 7.14. The lowest BCUT2D eigenvalue weighted by Crippen LogP contribution is -2.21. The Balaban J connectivity index is 1.63. The second-order valence-corrected chi connectivity index (χ2v) is 6.80. The summed E-state index contributed by atoms with van der Waals surface area (Å²) < 4.78 is 26.4. The summed E-state index contributed by atoms with van der Waals surface area (Å²) in [6, 6.07) is 10.4. The predicted octanol–water partition coefficient (Wildman–Crippen LogP) is 3.69. The summed E-state index contributed by atoms with van der Waals surface area (Å²) in [5, 5.41) is 2.26. The van der Waals surface area contributed by atoms with Gasteiger partial charge in [0, 0.05) is 18.1 Å². The van der Waals surface area contributed by atoms with Crippen molar-refractivity contribution in [3.63, 3.8) is 0 Å². The average molecular weight is 360 g/mol. The van der Waals surface area contributed by atoms with Crippen molar-refractivity contribution >= 4 is 34.3 Å². The zero-order chi connectivity index (χ0) is 18.0. The van der Waals surface area contributed by atoms with E-state index in [9.17, 15) is 18.4 Å². The van der Waals surface area contributed by atoms with E-state index in [1.54, 1.807) is 0 Å². The molecule has 1 unspecified atom stereocenters. The summed E-state index contributed by atoms with van der Waals surface area (Å²) in [5.41, 5.74) is 1.79. The van der Waals surface area contributed by atoms with Crippen LogP contribution in [0.5, 0.6) is 0 Å². The fourth-order valence-electron chi connectivity index (χ4n) is 2.30. The molecule has 1 aliphatic heterocycles. The molecule has 1 aliphatic rings. The zero-order valence-electron chi connectivity index (χ0n) is 13.3. The minimum Gasteiger partial charge on any atom is -0.324 e. The van der Waals surface area contributed by atoms with Crippen molar-refractivity contribution in [2.24, 2.45) is 4.99 Å². The van der Waals surface area contributed by atoms with Crippen LogP contribution in [0.25, 0.3) is 0 Å². The monoisotopic (exact) mass is 360 g/mol. The first kappa shape index (κ1) is 17.3. The number of carbonyl (C=O) groups excluding carboxylic acids is 2. The Bertz CT molecular complexity index is 866. The third kappa shape index (κ3) is 4.11. The van der Waals surface area contributed by atoms with Crippen LogP contribution in [-0.2, 0) is 9.59 Å². The number of benzene rings is 2. The maximum absolute atomic E-state index is 13.6. The highest BCUT2D eigenvalue weighted by Gasteiger charge is 2.31. The Labute approximate surface area is 147 Å². The van der Waals surface area contributed by atoms with E-state index < -0.39 is 28.7 Å². The van der Waals surface area contributed by atoms with Crippen molar-refractivity contribution in [3.05, 3.63) is 65.2 Å². The number of rotatable bonds is 4. The summed E-state index contributed by atoms with van der Waals surface area (Å²) in [7, 11) is 0. The van der Waals surface area contributed by atoms with Crippen LogP contribution in [0.4, 0.5) is 14.5 Å². The molecule has 2 aromatic carbocycles. The number of aliphatic imine (C=N–C) groups is 1. The normalized spacial score (nSPS) is 16.7. The van der Waals surface area contributed by atoms with E-state index in [0.717, 1.165) is 23.3 Å². The fourth-order valence-corrected chi connectivity index (χ4v) is 3.37. The second-order valence-electron chi connectivity index (χ2n) is 5.60. The summed E-state index contributed by atoms with van der Waals surface area (Å²) in [4.78, 5) is 28.1. The zero-order valence-corrected chi connectivity index (χ0v) is 14.1.